The predicted molar refractivity (Wildman–Crippen MR) is 116 cm³/mol. The monoisotopic (exact) mass is 434 g/mol. The van der Waals surface area contributed by atoms with Crippen molar-refractivity contribution in [3.63, 3.8) is 0 Å². The van der Waals surface area contributed by atoms with Crippen LogP contribution < -0.4 is 5.32 Å². The number of hydrogen-bond donors (Lipinski definition) is 1. The van der Waals surface area contributed by atoms with Crippen LogP contribution in [0.25, 0.3) is 11.4 Å². The van der Waals surface area contributed by atoms with Crippen LogP contribution >= 0.6 is 11.6 Å². The van der Waals surface area contributed by atoms with Crippen LogP contribution in [0.2, 0.25) is 5.02 Å². The first kappa shape index (κ1) is 22.7. The van der Waals surface area contributed by atoms with Crippen molar-refractivity contribution in [1.82, 2.24) is 20.4 Å². The van der Waals surface area contributed by atoms with E-state index in [-0.39, 0.29) is 5.91 Å². The normalized spacial score (nSPS) is 16.0. The van der Waals surface area contributed by atoms with Gasteiger partial charge in [-0.15, -0.1) is 0 Å². The standard InChI is InChI=1S/C22H31ClN4O3/c1-16(2)14-19(27-10-12-29-13-11-27)15-24-20(28)4-3-5-21-25-22(26-30-21)17-6-8-18(23)9-7-17/h6-9,16,19H,3-5,10-15H2,1-2H3,(H,24,28). The summed E-state index contributed by atoms with van der Waals surface area (Å²) < 4.78 is 10.8. The second-order valence-corrected chi connectivity index (χ2v) is 8.54. The summed E-state index contributed by atoms with van der Waals surface area (Å²) in [7, 11) is 0. The fourth-order valence-corrected chi connectivity index (χ4v) is 3.77. The Morgan fingerprint density at radius 1 is 1.23 bits per heavy atom. The number of ether oxygens (including phenoxy) is 1. The molecule has 1 aliphatic rings. The molecule has 2 heterocycles. The number of morpholine rings is 1. The number of nitrogens with zero attached hydrogens (tertiary/aromatic N) is 3. The lowest BCUT2D eigenvalue weighted by molar-refractivity contribution is -0.121. The Labute approximate surface area is 183 Å². The Bertz CT molecular complexity index is 788. The highest BCUT2D eigenvalue weighted by molar-refractivity contribution is 6.30. The fraction of sp³-hybridized carbons (Fsp3) is 0.591. The molecule has 1 atom stereocenters. The van der Waals surface area contributed by atoms with Crippen LogP contribution in [0.5, 0.6) is 0 Å². The summed E-state index contributed by atoms with van der Waals surface area (Å²) >= 11 is 5.91. The molecule has 1 N–H and O–H groups in total. The van der Waals surface area contributed by atoms with Crippen molar-refractivity contribution in [2.45, 2.75) is 45.6 Å². The second-order valence-electron chi connectivity index (χ2n) is 8.11. The summed E-state index contributed by atoms with van der Waals surface area (Å²) in [6, 6.07) is 7.65. The Morgan fingerprint density at radius 3 is 2.67 bits per heavy atom. The van der Waals surface area contributed by atoms with Gasteiger partial charge in [0.1, 0.15) is 0 Å². The third kappa shape index (κ3) is 7.07. The van der Waals surface area contributed by atoms with Gasteiger partial charge in [0.15, 0.2) is 0 Å². The average Bonchev–Trinajstić information content (AvgIpc) is 3.21. The topological polar surface area (TPSA) is 80.5 Å². The van der Waals surface area contributed by atoms with Crippen LogP contribution in [0.1, 0.15) is 39.0 Å². The number of halogens is 1. The molecule has 1 fully saturated rings. The Morgan fingerprint density at radius 2 is 1.97 bits per heavy atom. The molecule has 30 heavy (non-hydrogen) atoms. The van der Waals surface area contributed by atoms with E-state index in [1.807, 2.05) is 12.1 Å². The zero-order valence-electron chi connectivity index (χ0n) is 17.8. The van der Waals surface area contributed by atoms with Gasteiger partial charge >= 0.3 is 0 Å². The van der Waals surface area contributed by atoms with Gasteiger partial charge in [-0.2, -0.15) is 4.98 Å². The lowest BCUT2D eigenvalue weighted by atomic mass is 10.0. The van der Waals surface area contributed by atoms with E-state index in [1.165, 1.54) is 0 Å². The predicted octanol–water partition coefficient (Wildman–Crippen LogP) is 3.58. The third-order valence-corrected chi connectivity index (χ3v) is 5.46. The minimum atomic E-state index is 0.0643. The van der Waals surface area contributed by atoms with E-state index in [1.54, 1.807) is 12.1 Å². The third-order valence-electron chi connectivity index (χ3n) is 5.21. The molecule has 0 radical (unpaired) electrons. The maximum atomic E-state index is 12.3. The molecular weight excluding hydrogens is 404 g/mol. The smallest absolute Gasteiger partial charge is 0.226 e. The Hall–Kier alpha value is -1.96. The quantitative estimate of drug-likeness (QED) is 0.615. The molecule has 1 aromatic heterocycles. The highest BCUT2D eigenvalue weighted by Crippen LogP contribution is 2.19. The summed E-state index contributed by atoms with van der Waals surface area (Å²) in [5.74, 6) is 1.73. The lowest BCUT2D eigenvalue weighted by Gasteiger charge is -2.35. The number of aromatic nitrogens is 2. The van der Waals surface area contributed by atoms with E-state index in [0.29, 0.717) is 54.5 Å². The molecule has 1 aliphatic heterocycles. The SMILES string of the molecule is CC(C)CC(CNC(=O)CCCc1nc(-c2ccc(Cl)cc2)no1)N1CCOCC1. The van der Waals surface area contributed by atoms with E-state index in [2.05, 4.69) is 34.2 Å². The molecule has 0 spiro atoms. The van der Waals surface area contributed by atoms with E-state index in [0.717, 1.165) is 38.3 Å². The van der Waals surface area contributed by atoms with Crippen molar-refractivity contribution in [2.75, 3.05) is 32.8 Å². The van der Waals surface area contributed by atoms with Crippen molar-refractivity contribution >= 4 is 17.5 Å². The zero-order chi connectivity index (χ0) is 21.3. The molecule has 2 aromatic rings. The molecule has 8 heteroatoms. The number of hydrogen-bond acceptors (Lipinski definition) is 6. The molecule has 1 amide bonds. The van der Waals surface area contributed by atoms with E-state index in [9.17, 15) is 4.79 Å². The van der Waals surface area contributed by atoms with Gasteiger partial charge in [0.2, 0.25) is 17.6 Å². The first-order chi connectivity index (χ1) is 14.5. The molecule has 1 aromatic carbocycles. The Kier molecular flexibility index (Phi) is 8.66. The number of carbonyl (C=O) groups excluding carboxylic acids is 1. The molecule has 1 unspecified atom stereocenters. The molecule has 0 aliphatic carbocycles. The van der Waals surface area contributed by atoms with Crippen molar-refractivity contribution in [3.05, 3.63) is 35.2 Å². The summed E-state index contributed by atoms with van der Waals surface area (Å²) in [5.41, 5.74) is 0.853. The minimum Gasteiger partial charge on any atom is -0.379 e. The number of rotatable bonds is 10. The summed E-state index contributed by atoms with van der Waals surface area (Å²) in [6.45, 7) is 8.52. The second kappa shape index (κ2) is 11.4. The van der Waals surface area contributed by atoms with Gasteiger partial charge in [0.25, 0.3) is 0 Å². The number of aryl methyl sites for hydroxylation is 1. The van der Waals surface area contributed by atoms with Gasteiger partial charge in [-0.1, -0.05) is 30.6 Å². The van der Waals surface area contributed by atoms with Gasteiger partial charge < -0.3 is 14.6 Å². The van der Waals surface area contributed by atoms with Gasteiger partial charge in [-0.25, -0.2) is 0 Å². The van der Waals surface area contributed by atoms with Crippen molar-refractivity contribution < 1.29 is 14.1 Å². The first-order valence-electron chi connectivity index (χ1n) is 10.7. The summed E-state index contributed by atoms with van der Waals surface area (Å²) in [6.07, 6.45) is 2.75. The van der Waals surface area contributed by atoms with E-state index < -0.39 is 0 Å². The van der Waals surface area contributed by atoms with Crippen LogP contribution in [0.4, 0.5) is 0 Å². The lowest BCUT2D eigenvalue weighted by Crippen LogP contribution is -2.49. The molecule has 7 nitrogen and oxygen atoms in total. The molecule has 3 rings (SSSR count). The van der Waals surface area contributed by atoms with Crippen LogP contribution in [-0.4, -0.2) is 59.8 Å². The zero-order valence-corrected chi connectivity index (χ0v) is 18.5. The summed E-state index contributed by atoms with van der Waals surface area (Å²) in [5, 5.41) is 7.78. The molecular formula is C22H31ClN4O3. The summed E-state index contributed by atoms with van der Waals surface area (Å²) in [4.78, 5) is 19.2. The maximum absolute atomic E-state index is 12.3. The van der Waals surface area contributed by atoms with Crippen molar-refractivity contribution in [2.24, 2.45) is 5.92 Å². The fourth-order valence-electron chi connectivity index (χ4n) is 3.64. The first-order valence-corrected chi connectivity index (χ1v) is 11.1. The number of benzene rings is 1. The van der Waals surface area contributed by atoms with E-state index >= 15 is 0 Å². The highest BCUT2D eigenvalue weighted by Gasteiger charge is 2.22. The van der Waals surface area contributed by atoms with Crippen LogP contribution in [0.3, 0.4) is 0 Å². The molecule has 1 saturated heterocycles. The van der Waals surface area contributed by atoms with Crippen LogP contribution in [-0.2, 0) is 16.0 Å². The van der Waals surface area contributed by atoms with Crippen molar-refractivity contribution in [3.8, 4) is 11.4 Å². The van der Waals surface area contributed by atoms with E-state index in [4.69, 9.17) is 20.9 Å². The number of carbonyl (C=O) groups is 1. The minimum absolute atomic E-state index is 0.0643. The Balaban J connectivity index is 1.41. The van der Waals surface area contributed by atoms with Crippen LogP contribution in [0.15, 0.2) is 28.8 Å². The molecule has 0 saturated carbocycles. The number of nitrogens with one attached hydrogen (secondary N) is 1. The number of amides is 1. The van der Waals surface area contributed by atoms with Gasteiger partial charge in [-0.05, 0) is 43.0 Å². The average molecular weight is 435 g/mol. The molecule has 0 bridgehead atoms. The highest BCUT2D eigenvalue weighted by atomic mass is 35.5. The largest absolute Gasteiger partial charge is 0.379 e. The maximum Gasteiger partial charge on any atom is 0.226 e. The van der Waals surface area contributed by atoms with Crippen molar-refractivity contribution in [1.29, 1.82) is 0 Å². The van der Waals surface area contributed by atoms with Gasteiger partial charge in [-0.3, -0.25) is 9.69 Å². The molecule has 164 valence electrons. The van der Waals surface area contributed by atoms with Gasteiger partial charge in [0.05, 0.1) is 13.2 Å². The van der Waals surface area contributed by atoms with Gasteiger partial charge in [0, 0.05) is 49.1 Å². The van der Waals surface area contributed by atoms with Crippen LogP contribution in [0, 0.1) is 5.92 Å².